The highest BCUT2D eigenvalue weighted by atomic mass is 19.1. The van der Waals surface area contributed by atoms with Crippen LogP contribution in [0.2, 0.25) is 0 Å². The van der Waals surface area contributed by atoms with Crippen LogP contribution in [0.15, 0.2) is 12.3 Å². The molecule has 5 heteroatoms. The van der Waals surface area contributed by atoms with Crippen molar-refractivity contribution in [1.82, 2.24) is 9.97 Å². The first-order valence-electron chi connectivity index (χ1n) is 4.37. The number of hydrogen-bond acceptors (Lipinski definition) is 4. The number of anilines is 1. The zero-order valence-corrected chi connectivity index (χ0v) is 7.52. The highest BCUT2D eigenvalue weighted by molar-refractivity contribution is 5.36. The molecule has 1 aromatic heterocycles. The third kappa shape index (κ3) is 1.51. The molecule has 1 fully saturated rings. The Morgan fingerprint density at radius 3 is 3.07 bits per heavy atom. The van der Waals surface area contributed by atoms with E-state index in [1.807, 2.05) is 11.0 Å². The fourth-order valence-electron chi connectivity index (χ4n) is 1.39. The van der Waals surface area contributed by atoms with Crippen molar-refractivity contribution in [3.63, 3.8) is 0 Å². The van der Waals surface area contributed by atoms with Crippen LogP contribution in [0.5, 0.6) is 0 Å². The quantitative estimate of drug-likeness (QED) is 0.694. The highest BCUT2D eigenvalue weighted by Crippen LogP contribution is 2.20. The maximum atomic E-state index is 12.2. The molecule has 0 amide bonds. The zero-order valence-electron chi connectivity index (χ0n) is 7.52. The van der Waals surface area contributed by atoms with Crippen molar-refractivity contribution in [3.05, 3.63) is 18.0 Å². The predicted molar refractivity (Wildman–Crippen MR) is 48.4 cm³/mol. The summed E-state index contributed by atoms with van der Waals surface area (Å²) in [6, 6.07) is 3.50. The highest BCUT2D eigenvalue weighted by Gasteiger charge is 2.28. The monoisotopic (exact) mass is 192 g/mol. The molecule has 0 aromatic carbocycles. The van der Waals surface area contributed by atoms with Crippen molar-refractivity contribution in [1.29, 1.82) is 5.26 Å². The Morgan fingerprint density at radius 1 is 1.64 bits per heavy atom. The molecule has 0 unspecified atom stereocenters. The molecule has 72 valence electrons. The number of hydrogen-bond donors (Lipinski definition) is 0. The van der Waals surface area contributed by atoms with Crippen LogP contribution in [0, 0.1) is 17.2 Å². The third-order valence-electron chi connectivity index (χ3n) is 2.22. The second-order valence-corrected chi connectivity index (χ2v) is 3.28. The maximum absolute atomic E-state index is 12.2. The van der Waals surface area contributed by atoms with Crippen molar-refractivity contribution < 1.29 is 4.39 Å². The number of rotatable bonds is 2. The molecule has 1 aliphatic rings. The van der Waals surface area contributed by atoms with Gasteiger partial charge in [0.25, 0.3) is 0 Å². The summed E-state index contributed by atoms with van der Waals surface area (Å²) in [5, 5.41) is 8.61. The van der Waals surface area contributed by atoms with E-state index in [9.17, 15) is 4.39 Å². The lowest BCUT2D eigenvalue weighted by Gasteiger charge is -2.37. The molecule has 0 radical (unpaired) electrons. The topological polar surface area (TPSA) is 52.8 Å². The van der Waals surface area contributed by atoms with E-state index in [1.165, 1.54) is 0 Å². The second-order valence-electron chi connectivity index (χ2n) is 3.28. The van der Waals surface area contributed by atoms with Gasteiger partial charge >= 0.3 is 0 Å². The molecule has 1 aliphatic heterocycles. The van der Waals surface area contributed by atoms with Gasteiger partial charge < -0.3 is 4.90 Å². The van der Waals surface area contributed by atoms with Gasteiger partial charge in [-0.25, -0.2) is 9.97 Å². The standard InChI is InChI=1S/C9H9FN4/c10-3-7-5-14(6-7)9-12-2-1-8(4-11)13-9/h1-2,7H,3,5-6H2. The smallest absolute Gasteiger partial charge is 0.226 e. The van der Waals surface area contributed by atoms with Crippen molar-refractivity contribution in [2.24, 2.45) is 5.92 Å². The van der Waals surface area contributed by atoms with Crippen LogP contribution in [0.3, 0.4) is 0 Å². The van der Waals surface area contributed by atoms with E-state index in [0.29, 0.717) is 24.7 Å². The summed E-state index contributed by atoms with van der Waals surface area (Å²) < 4.78 is 12.2. The number of nitrogens with zero attached hydrogens (tertiary/aromatic N) is 4. The summed E-state index contributed by atoms with van der Waals surface area (Å²) in [6.07, 6.45) is 1.55. The summed E-state index contributed by atoms with van der Waals surface area (Å²) >= 11 is 0. The van der Waals surface area contributed by atoms with Crippen LogP contribution < -0.4 is 4.90 Å². The number of nitriles is 1. The fraction of sp³-hybridized carbons (Fsp3) is 0.444. The van der Waals surface area contributed by atoms with E-state index in [2.05, 4.69) is 9.97 Å². The van der Waals surface area contributed by atoms with Gasteiger partial charge in [-0.3, -0.25) is 4.39 Å². The summed E-state index contributed by atoms with van der Waals surface area (Å²) in [5.41, 5.74) is 0.346. The van der Waals surface area contributed by atoms with Crippen molar-refractivity contribution >= 4 is 5.95 Å². The Bertz CT molecular complexity index is 367. The van der Waals surface area contributed by atoms with Gasteiger partial charge in [-0.1, -0.05) is 0 Å². The third-order valence-corrected chi connectivity index (χ3v) is 2.22. The van der Waals surface area contributed by atoms with Gasteiger partial charge in [0.2, 0.25) is 5.95 Å². The van der Waals surface area contributed by atoms with E-state index in [-0.39, 0.29) is 12.6 Å². The van der Waals surface area contributed by atoms with Crippen molar-refractivity contribution in [3.8, 4) is 6.07 Å². The van der Waals surface area contributed by atoms with E-state index in [0.717, 1.165) is 0 Å². The van der Waals surface area contributed by atoms with Crippen LogP contribution in [0.25, 0.3) is 0 Å². The lowest BCUT2D eigenvalue weighted by Crippen LogP contribution is -2.48. The molecule has 14 heavy (non-hydrogen) atoms. The van der Waals surface area contributed by atoms with Crippen LogP contribution in [-0.2, 0) is 0 Å². The van der Waals surface area contributed by atoms with Gasteiger partial charge in [0.15, 0.2) is 0 Å². The average Bonchev–Trinajstić information content (AvgIpc) is 2.17. The summed E-state index contributed by atoms with van der Waals surface area (Å²) in [7, 11) is 0. The molecule has 0 saturated carbocycles. The first kappa shape index (κ1) is 8.88. The molecule has 2 heterocycles. The molecular formula is C9H9FN4. The summed E-state index contributed by atoms with van der Waals surface area (Å²) in [4.78, 5) is 9.90. The van der Waals surface area contributed by atoms with Crippen LogP contribution in [0.4, 0.5) is 10.3 Å². The van der Waals surface area contributed by atoms with Gasteiger partial charge in [-0.2, -0.15) is 5.26 Å². The Kier molecular flexibility index (Phi) is 2.27. The molecular weight excluding hydrogens is 183 g/mol. The average molecular weight is 192 g/mol. The SMILES string of the molecule is N#Cc1ccnc(N2CC(CF)C2)n1. The van der Waals surface area contributed by atoms with E-state index >= 15 is 0 Å². The Hall–Kier alpha value is -1.70. The second kappa shape index (κ2) is 3.58. The molecule has 2 rings (SSSR count). The number of halogens is 1. The Balaban J connectivity index is 2.08. The molecule has 0 bridgehead atoms. The van der Waals surface area contributed by atoms with Gasteiger partial charge in [-0.15, -0.1) is 0 Å². The largest absolute Gasteiger partial charge is 0.340 e. The van der Waals surface area contributed by atoms with Gasteiger partial charge in [0, 0.05) is 25.2 Å². The first-order chi connectivity index (χ1) is 6.83. The van der Waals surface area contributed by atoms with Gasteiger partial charge in [0.05, 0.1) is 6.67 Å². The minimum absolute atomic E-state index is 0.101. The van der Waals surface area contributed by atoms with E-state index in [4.69, 9.17) is 5.26 Å². The first-order valence-corrected chi connectivity index (χ1v) is 4.37. The molecule has 0 spiro atoms. The van der Waals surface area contributed by atoms with Crippen LogP contribution in [0.1, 0.15) is 5.69 Å². The molecule has 0 atom stereocenters. The van der Waals surface area contributed by atoms with Crippen molar-refractivity contribution in [2.75, 3.05) is 24.7 Å². The number of aromatic nitrogens is 2. The molecule has 1 aromatic rings. The fourth-order valence-corrected chi connectivity index (χ4v) is 1.39. The molecule has 0 aliphatic carbocycles. The normalized spacial score (nSPS) is 16.1. The van der Waals surface area contributed by atoms with E-state index < -0.39 is 0 Å². The van der Waals surface area contributed by atoms with Crippen LogP contribution >= 0.6 is 0 Å². The summed E-state index contributed by atoms with van der Waals surface area (Å²) in [6.45, 7) is 0.991. The molecule has 1 saturated heterocycles. The Labute approximate surface area is 81.0 Å². The minimum Gasteiger partial charge on any atom is -0.340 e. The summed E-state index contributed by atoms with van der Waals surface area (Å²) in [5.74, 6) is 0.623. The Morgan fingerprint density at radius 2 is 2.43 bits per heavy atom. The number of alkyl halides is 1. The van der Waals surface area contributed by atoms with E-state index in [1.54, 1.807) is 12.3 Å². The van der Waals surface area contributed by atoms with Gasteiger partial charge in [0.1, 0.15) is 11.8 Å². The predicted octanol–water partition coefficient (Wildman–Crippen LogP) is 0.754. The minimum atomic E-state index is -0.297. The van der Waals surface area contributed by atoms with Crippen molar-refractivity contribution in [2.45, 2.75) is 0 Å². The molecule has 4 nitrogen and oxygen atoms in total. The molecule has 0 N–H and O–H groups in total. The van der Waals surface area contributed by atoms with Gasteiger partial charge in [-0.05, 0) is 6.07 Å². The lowest BCUT2D eigenvalue weighted by atomic mass is 10.0. The van der Waals surface area contributed by atoms with Crippen LogP contribution in [-0.4, -0.2) is 29.7 Å². The zero-order chi connectivity index (χ0) is 9.97. The lowest BCUT2D eigenvalue weighted by molar-refractivity contribution is 0.303. The maximum Gasteiger partial charge on any atom is 0.226 e.